The Hall–Kier alpha value is -1.72. The van der Waals surface area contributed by atoms with Crippen LogP contribution in [-0.4, -0.2) is 14.2 Å². The van der Waals surface area contributed by atoms with E-state index in [4.69, 9.17) is 5.73 Å². The number of rotatable bonds is 11. The van der Waals surface area contributed by atoms with Crippen LogP contribution in [0, 0.1) is 18.7 Å². The van der Waals surface area contributed by atoms with Gasteiger partial charge in [-0.15, -0.1) is 0 Å². The zero-order chi connectivity index (χ0) is 20.6. The van der Waals surface area contributed by atoms with Crippen molar-refractivity contribution in [3.8, 4) is 0 Å². The molecule has 0 saturated carbocycles. The maximum Gasteiger partial charge on any atom is 0.178 e. The SMILES string of the molecule is CCCCC(CCCCS(=O)(=O)c1ccc(C)cc1)C(N)c1ccc(F)cc1. The molecule has 3 nitrogen and oxygen atoms in total. The van der Waals surface area contributed by atoms with Gasteiger partial charge in [-0.25, -0.2) is 12.8 Å². The number of halogens is 1. The first kappa shape index (κ1) is 22.6. The molecule has 0 amide bonds. The highest BCUT2D eigenvalue weighted by molar-refractivity contribution is 7.91. The molecule has 2 atom stereocenters. The molecule has 2 rings (SSSR count). The lowest BCUT2D eigenvalue weighted by Crippen LogP contribution is -2.22. The summed E-state index contributed by atoms with van der Waals surface area (Å²) in [4.78, 5) is 0.392. The van der Waals surface area contributed by atoms with E-state index < -0.39 is 9.84 Å². The fraction of sp³-hybridized carbons (Fsp3) is 0.478. The van der Waals surface area contributed by atoms with Gasteiger partial charge in [-0.05, 0) is 61.9 Å². The van der Waals surface area contributed by atoms with Gasteiger partial charge in [-0.1, -0.05) is 56.0 Å². The molecule has 28 heavy (non-hydrogen) atoms. The van der Waals surface area contributed by atoms with Crippen molar-refractivity contribution in [2.75, 3.05) is 5.75 Å². The minimum atomic E-state index is -3.24. The Labute approximate surface area is 169 Å². The van der Waals surface area contributed by atoms with Gasteiger partial charge in [-0.2, -0.15) is 0 Å². The summed E-state index contributed by atoms with van der Waals surface area (Å²) >= 11 is 0. The maximum atomic E-state index is 13.2. The Bertz CT molecular complexity index is 817. The molecule has 0 aromatic heterocycles. The number of hydrogen-bond donors (Lipinski definition) is 1. The van der Waals surface area contributed by atoms with Crippen LogP contribution >= 0.6 is 0 Å². The molecule has 154 valence electrons. The summed E-state index contributed by atoms with van der Waals surface area (Å²) in [5, 5.41) is 0. The van der Waals surface area contributed by atoms with Crippen molar-refractivity contribution in [2.45, 2.75) is 63.3 Å². The molecular formula is C23H32FNO2S. The minimum Gasteiger partial charge on any atom is -0.324 e. The van der Waals surface area contributed by atoms with Gasteiger partial charge in [0.25, 0.3) is 0 Å². The third-order valence-electron chi connectivity index (χ3n) is 5.31. The Kier molecular flexibility index (Phi) is 8.64. The van der Waals surface area contributed by atoms with Crippen LogP contribution in [0.4, 0.5) is 4.39 Å². The fourth-order valence-electron chi connectivity index (χ4n) is 3.49. The lowest BCUT2D eigenvalue weighted by Gasteiger charge is -2.24. The number of sulfone groups is 1. The highest BCUT2D eigenvalue weighted by atomic mass is 32.2. The Morgan fingerprint density at radius 2 is 1.54 bits per heavy atom. The number of hydrogen-bond acceptors (Lipinski definition) is 3. The van der Waals surface area contributed by atoms with Gasteiger partial charge in [0.15, 0.2) is 9.84 Å². The summed E-state index contributed by atoms with van der Waals surface area (Å²) in [6.45, 7) is 4.09. The summed E-state index contributed by atoms with van der Waals surface area (Å²) in [7, 11) is -3.24. The van der Waals surface area contributed by atoms with Crippen molar-refractivity contribution in [1.82, 2.24) is 0 Å². The molecule has 2 aromatic rings. The molecule has 0 aliphatic carbocycles. The molecule has 2 N–H and O–H groups in total. The number of unbranched alkanes of at least 4 members (excludes halogenated alkanes) is 2. The third kappa shape index (κ3) is 6.71. The second-order valence-corrected chi connectivity index (χ2v) is 9.72. The van der Waals surface area contributed by atoms with Crippen LogP contribution < -0.4 is 5.73 Å². The lowest BCUT2D eigenvalue weighted by molar-refractivity contribution is 0.355. The molecule has 0 bridgehead atoms. The minimum absolute atomic E-state index is 0.152. The van der Waals surface area contributed by atoms with Crippen molar-refractivity contribution >= 4 is 9.84 Å². The average Bonchev–Trinajstić information content (AvgIpc) is 2.68. The predicted octanol–water partition coefficient (Wildman–Crippen LogP) is 5.58. The molecule has 2 unspecified atom stereocenters. The van der Waals surface area contributed by atoms with Crippen LogP contribution in [0.15, 0.2) is 53.4 Å². The first-order valence-corrected chi connectivity index (χ1v) is 11.8. The quantitative estimate of drug-likeness (QED) is 0.496. The van der Waals surface area contributed by atoms with E-state index in [9.17, 15) is 12.8 Å². The average molecular weight is 406 g/mol. The van der Waals surface area contributed by atoms with Crippen molar-refractivity contribution in [2.24, 2.45) is 11.7 Å². The van der Waals surface area contributed by atoms with Gasteiger partial charge in [0.1, 0.15) is 5.82 Å². The van der Waals surface area contributed by atoms with E-state index in [1.54, 1.807) is 24.3 Å². The van der Waals surface area contributed by atoms with Gasteiger partial charge in [-0.3, -0.25) is 0 Å². The first-order valence-electron chi connectivity index (χ1n) is 10.1. The fourth-order valence-corrected chi connectivity index (χ4v) is 4.86. The summed E-state index contributed by atoms with van der Waals surface area (Å²) in [6, 6.07) is 13.3. The second-order valence-electron chi connectivity index (χ2n) is 7.61. The van der Waals surface area contributed by atoms with E-state index in [-0.39, 0.29) is 23.5 Å². The maximum absolute atomic E-state index is 13.2. The van der Waals surface area contributed by atoms with Crippen molar-refractivity contribution in [3.05, 3.63) is 65.5 Å². The van der Waals surface area contributed by atoms with Crippen LogP contribution in [0.25, 0.3) is 0 Å². The van der Waals surface area contributed by atoms with Crippen molar-refractivity contribution in [3.63, 3.8) is 0 Å². The van der Waals surface area contributed by atoms with E-state index in [2.05, 4.69) is 6.92 Å². The molecule has 0 aliphatic rings. The molecule has 0 aliphatic heterocycles. The van der Waals surface area contributed by atoms with E-state index >= 15 is 0 Å². The van der Waals surface area contributed by atoms with E-state index in [1.807, 2.05) is 19.1 Å². The predicted molar refractivity (Wildman–Crippen MR) is 113 cm³/mol. The van der Waals surface area contributed by atoms with Crippen LogP contribution in [0.2, 0.25) is 0 Å². The normalized spacial score (nSPS) is 14.0. The molecule has 2 aromatic carbocycles. The van der Waals surface area contributed by atoms with Crippen LogP contribution in [0.1, 0.15) is 62.6 Å². The summed E-state index contributed by atoms with van der Waals surface area (Å²) in [5.41, 5.74) is 8.45. The van der Waals surface area contributed by atoms with Crippen molar-refractivity contribution in [1.29, 1.82) is 0 Å². The number of aryl methyl sites for hydroxylation is 1. The topological polar surface area (TPSA) is 60.2 Å². The standard InChI is InChI=1S/C23H32FNO2S/c1-3-4-7-19(23(25)20-11-13-21(24)14-12-20)8-5-6-17-28(26,27)22-15-9-18(2)10-16-22/h9-16,19,23H,3-8,17,25H2,1-2H3. The summed E-state index contributed by atoms with van der Waals surface area (Å²) in [5.74, 6) is 0.164. The first-order chi connectivity index (χ1) is 13.3. The van der Waals surface area contributed by atoms with Gasteiger partial charge >= 0.3 is 0 Å². The Morgan fingerprint density at radius 3 is 2.14 bits per heavy atom. The second kappa shape index (κ2) is 10.7. The molecule has 0 radical (unpaired) electrons. The van der Waals surface area contributed by atoms with E-state index in [0.29, 0.717) is 11.3 Å². The smallest absolute Gasteiger partial charge is 0.178 e. The Morgan fingerprint density at radius 1 is 0.929 bits per heavy atom. The highest BCUT2D eigenvalue weighted by Crippen LogP contribution is 2.29. The van der Waals surface area contributed by atoms with Crippen LogP contribution in [0.3, 0.4) is 0 Å². The molecule has 0 fully saturated rings. The van der Waals surface area contributed by atoms with Crippen molar-refractivity contribution < 1.29 is 12.8 Å². The molecule has 0 heterocycles. The van der Waals surface area contributed by atoms with Gasteiger partial charge in [0.2, 0.25) is 0 Å². The monoisotopic (exact) mass is 405 g/mol. The molecule has 0 saturated heterocycles. The largest absolute Gasteiger partial charge is 0.324 e. The van der Waals surface area contributed by atoms with Gasteiger partial charge in [0.05, 0.1) is 10.6 Å². The lowest BCUT2D eigenvalue weighted by atomic mass is 9.86. The highest BCUT2D eigenvalue weighted by Gasteiger charge is 2.20. The molecule has 5 heteroatoms. The number of nitrogens with two attached hydrogens (primary N) is 1. The molecular weight excluding hydrogens is 373 g/mol. The number of benzene rings is 2. The Balaban J connectivity index is 1.92. The zero-order valence-corrected chi connectivity index (χ0v) is 17.7. The summed E-state index contributed by atoms with van der Waals surface area (Å²) < 4.78 is 38.2. The summed E-state index contributed by atoms with van der Waals surface area (Å²) in [6.07, 6.45) is 5.49. The zero-order valence-electron chi connectivity index (χ0n) is 16.9. The van der Waals surface area contributed by atoms with Crippen LogP contribution in [-0.2, 0) is 9.84 Å². The van der Waals surface area contributed by atoms with E-state index in [1.165, 1.54) is 12.1 Å². The van der Waals surface area contributed by atoms with E-state index in [0.717, 1.165) is 43.2 Å². The molecule has 0 spiro atoms. The van der Waals surface area contributed by atoms with Gasteiger partial charge < -0.3 is 5.73 Å². The van der Waals surface area contributed by atoms with Crippen LogP contribution in [0.5, 0.6) is 0 Å². The third-order valence-corrected chi connectivity index (χ3v) is 7.13. The van der Waals surface area contributed by atoms with Gasteiger partial charge in [0, 0.05) is 6.04 Å².